The topological polar surface area (TPSA) is 43.3 Å². The molecule has 0 spiro atoms. The fourth-order valence-corrected chi connectivity index (χ4v) is 2.94. The summed E-state index contributed by atoms with van der Waals surface area (Å²) in [5, 5.41) is 0.864. The fourth-order valence-electron chi connectivity index (χ4n) is 2.06. The molecule has 3 heterocycles. The van der Waals surface area contributed by atoms with Gasteiger partial charge in [-0.2, -0.15) is 0 Å². The lowest BCUT2D eigenvalue weighted by molar-refractivity contribution is 1.16. The Morgan fingerprint density at radius 1 is 1.41 bits per heavy atom. The maximum atomic E-state index is 5.89. The zero-order chi connectivity index (χ0) is 11.8. The number of nitrogens with zero attached hydrogens (tertiary/aromatic N) is 2. The van der Waals surface area contributed by atoms with E-state index in [9.17, 15) is 0 Å². The van der Waals surface area contributed by atoms with Gasteiger partial charge in [0.2, 0.25) is 0 Å². The average molecular weight is 243 g/mol. The van der Waals surface area contributed by atoms with Crippen LogP contribution in [-0.4, -0.2) is 9.38 Å². The van der Waals surface area contributed by atoms with Gasteiger partial charge >= 0.3 is 0 Å². The Morgan fingerprint density at radius 3 is 3.12 bits per heavy atom. The zero-order valence-electron chi connectivity index (χ0n) is 9.55. The molecule has 0 aliphatic rings. The number of hydrogen-bond donors (Lipinski definition) is 1. The van der Waals surface area contributed by atoms with Gasteiger partial charge in [-0.1, -0.05) is 13.0 Å². The van der Waals surface area contributed by atoms with Crippen LogP contribution in [0.4, 0.5) is 5.00 Å². The van der Waals surface area contributed by atoms with Crippen molar-refractivity contribution in [2.45, 2.75) is 13.3 Å². The molecule has 0 aromatic carbocycles. The number of nitrogen functional groups attached to an aromatic ring is 1. The number of anilines is 1. The van der Waals surface area contributed by atoms with Crippen molar-refractivity contribution in [3.63, 3.8) is 0 Å². The van der Waals surface area contributed by atoms with Gasteiger partial charge in [0, 0.05) is 16.6 Å². The minimum atomic E-state index is 0.864. The van der Waals surface area contributed by atoms with Crippen LogP contribution in [0.15, 0.2) is 36.7 Å². The molecule has 0 radical (unpaired) electrons. The number of hydrogen-bond acceptors (Lipinski definition) is 3. The molecular formula is C13H13N3S. The molecule has 3 aromatic rings. The molecule has 0 bridgehead atoms. The van der Waals surface area contributed by atoms with Gasteiger partial charge in [-0.3, -0.25) is 4.40 Å². The van der Waals surface area contributed by atoms with Crippen molar-refractivity contribution in [3.05, 3.63) is 41.5 Å². The molecule has 0 aliphatic heterocycles. The number of thiophene rings is 1. The smallest absolute Gasteiger partial charge is 0.137 e. The Morgan fingerprint density at radius 2 is 2.29 bits per heavy atom. The Labute approximate surface area is 104 Å². The van der Waals surface area contributed by atoms with Gasteiger partial charge < -0.3 is 5.73 Å². The lowest BCUT2D eigenvalue weighted by Crippen LogP contribution is -1.88. The highest BCUT2D eigenvalue weighted by Crippen LogP contribution is 2.33. The molecular weight excluding hydrogens is 230 g/mol. The lowest BCUT2D eigenvalue weighted by Gasteiger charge is -2.01. The summed E-state index contributed by atoms with van der Waals surface area (Å²) < 4.78 is 2.10. The van der Waals surface area contributed by atoms with Crippen molar-refractivity contribution < 1.29 is 0 Å². The number of rotatable bonds is 2. The van der Waals surface area contributed by atoms with Crippen LogP contribution in [0.3, 0.4) is 0 Å². The molecule has 4 heteroatoms. The highest BCUT2D eigenvalue weighted by molar-refractivity contribution is 7.16. The Kier molecular flexibility index (Phi) is 2.37. The number of nitrogens with two attached hydrogens (primary N) is 1. The first-order chi connectivity index (χ1) is 8.29. The summed E-state index contributed by atoms with van der Waals surface area (Å²) in [7, 11) is 0. The molecule has 86 valence electrons. The van der Waals surface area contributed by atoms with Crippen LogP contribution < -0.4 is 5.73 Å². The number of aryl methyl sites for hydroxylation is 1. The standard InChI is InChI=1S/C13H13N3S/c1-2-11-9(7-12(14)17-11)10-8-15-13-5-3-4-6-16(10)13/h3-8H,2,14H2,1H3. The van der Waals surface area contributed by atoms with Crippen LogP contribution in [-0.2, 0) is 6.42 Å². The highest BCUT2D eigenvalue weighted by atomic mass is 32.1. The molecule has 0 saturated heterocycles. The number of fused-ring (bicyclic) bond motifs is 1. The first-order valence-corrected chi connectivity index (χ1v) is 6.42. The summed E-state index contributed by atoms with van der Waals surface area (Å²) in [6.07, 6.45) is 4.94. The largest absolute Gasteiger partial charge is 0.391 e. The van der Waals surface area contributed by atoms with Crippen molar-refractivity contribution in [2.75, 3.05) is 5.73 Å². The van der Waals surface area contributed by atoms with Gasteiger partial charge in [-0.25, -0.2) is 4.98 Å². The third-order valence-electron chi connectivity index (χ3n) is 2.84. The van der Waals surface area contributed by atoms with Crippen LogP contribution >= 0.6 is 11.3 Å². The molecule has 0 amide bonds. The van der Waals surface area contributed by atoms with Gasteiger partial charge in [-0.15, -0.1) is 11.3 Å². The van der Waals surface area contributed by atoms with E-state index in [0.29, 0.717) is 0 Å². The quantitative estimate of drug-likeness (QED) is 0.751. The lowest BCUT2D eigenvalue weighted by atomic mass is 10.1. The maximum Gasteiger partial charge on any atom is 0.137 e. The molecule has 0 saturated carbocycles. The van der Waals surface area contributed by atoms with Crippen molar-refractivity contribution in [1.82, 2.24) is 9.38 Å². The van der Waals surface area contributed by atoms with E-state index in [0.717, 1.165) is 22.8 Å². The van der Waals surface area contributed by atoms with E-state index >= 15 is 0 Å². The molecule has 0 atom stereocenters. The minimum absolute atomic E-state index is 0.864. The van der Waals surface area contributed by atoms with Crippen molar-refractivity contribution in [3.8, 4) is 11.3 Å². The average Bonchev–Trinajstić information content (AvgIpc) is 2.91. The van der Waals surface area contributed by atoms with Crippen molar-refractivity contribution >= 4 is 22.0 Å². The SMILES string of the molecule is CCc1sc(N)cc1-c1cnc2ccccn12. The van der Waals surface area contributed by atoms with Gasteiger partial charge in [0.1, 0.15) is 5.65 Å². The molecule has 3 rings (SSSR count). The predicted octanol–water partition coefficient (Wildman–Crippen LogP) is 3.21. The summed E-state index contributed by atoms with van der Waals surface area (Å²) in [4.78, 5) is 5.72. The molecule has 3 aromatic heterocycles. The maximum absolute atomic E-state index is 5.89. The molecule has 2 N–H and O–H groups in total. The van der Waals surface area contributed by atoms with Gasteiger partial charge in [0.05, 0.1) is 16.9 Å². The normalized spacial score (nSPS) is 11.1. The van der Waals surface area contributed by atoms with Crippen LogP contribution in [0, 0.1) is 0 Å². The van der Waals surface area contributed by atoms with E-state index in [1.165, 1.54) is 10.4 Å². The van der Waals surface area contributed by atoms with E-state index in [4.69, 9.17) is 5.73 Å². The Hall–Kier alpha value is -1.81. The molecule has 17 heavy (non-hydrogen) atoms. The van der Waals surface area contributed by atoms with Crippen LogP contribution in [0.5, 0.6) is 0 Å². The number of aromatic nitrogens is 2. The molecule has 3 nitrogen and oxygen atoms in total. The van der Waals surface area contributed by atoms with E-state index in [1.54, 1.807) is 11.3 Å². The third-order valence-corrected chi connectivity index (χ3v) is 3.95. The fraction of sp³-hybridized carbons (Fsp3) is 0.154. The summed E-state index contributed by atoms with van der Waals surface area (Å²) in [5.74, 6) is 0. The van der Waals surface area contributed by atoms with Crippen LogP contribution in [0.2, 0.25) is 0 Å². The summed E-state index contributed by atoms with van der Waals surface area (Å²) in [6.45, 7) is 2.15. The zero-order valence-corrected chi connectivity index (χ0v) is 10.4. The van der Waals surface area contributed by atoms with E-state index in [-0.39, 0.29) is 0 Å². The summed E-state index contributed by atoms with van der Waals surface area (Å²) in [6, 6.07) is 8.05. The van der Waals surface area contributed by atoms with Crippen molar-refractivity contribution in [2.24, 2.45) is 0 Å². The second-order valence-electron chi connectivity index (χ2n) is 3.91. The molecule has 0 unspecified atom stereocenters. The number of imidazole rings is 1. The van der Waals surface area contributed by atoms with E-state index < -0.39 is 0 Å². The third kappa shape index (κ3) is 1.61. The van der Waals surface area contributed by atoms with E-state index in [1.807, 2.05) is 36.7 Å². The van der Waals surface area contributed by atoms with Gasteiger partial charge in [-0.05, 0) is 24.6 Å². The number of pyridine rings is 1. The Bertz CT molecular complexity index is 666. The predicted molar refractivity (Wildman–Crippen MR) is 72.3 cm³/mol. The first kappa shape index (κ1) is 10.4. The summed E-state index contributed by atoms with van der Waals surface area (Å²) >= 11 is 1.66. The van der Waals surface area contributed by atoms with Gasteiger partial charge in [0.25, 0.3) is 0 Å². The second-order valence-corrected chi connectivity index (χ2v) is 5.08. The van der Waals surface area contributed by atoms with Crippen molar-refractivity contribution in [1.29, 1.82) is 0 Å². The highest BCUT2D eigenvalue weighted by Gasteiger charge is 2.12. The van der Waals surface area contributed by atoms with Crippen LogP contribution in [0.1, 0.15) is 11.8 Å². The monoisotopic (exact) mass is 243 g/mol. The van der Waals surface area contributed by atoms with E-state index in [2.05, 4.69) is 16.3 Å². The van der Waals surface area contributed by atoms with Crippen LogP contribution in [0.25, 0.3) is 16.9 Å². The minimum Gasteiger partial charge on any atom is -0.391 e. The van der Waals surface area contributed by atoms with Gasteiger partial charge in [0.15, 0.2) is 0 Å². The second kappa shape index (κ2) is 3.89. The summed E-state index contributed by atoms with van der Waals surface area (Å²) in [5.41, 5.74) is 9.18. The first-order valence-electron chi connectivity index (χ1n) is 5.60. The molecule has 0 fully saturated rings. The Balaban J connectivity index is 2.26. The molecule has 0 aliphatic carbocycles.